The number of ether oxygens (including phenoxy) is 2. The van der Waals surface area contributed by atoms with Crippen molar-refractivity contribution < 1.29 is 19.4 Å². The van der Waals surface area contributed by atoms with Crippen molar-refractivity contribution >= 4 is 11.9 Å². The zero-order chi connectivity index (χ0) is 15.7. The van der Waals surface area contributed by atoms with Gasteiger partial charge in [-0.05, 0) is 24.3 Å². The molecule has 114 valence electrons. The lowest BCUT2D eigenvalue weighted by molar-refractivity contribution is -0.132. The molecule has 1 atom stereocenters. The second-order valence-corrected chi connectivity index (χ2v) is 4.59. The van der Waals surface area contributed by atoms with E-state index in [1.54, 1.807) is 43.2 Å². The van der Waals surface area contributed by atoms with E-state index in [0.29, 0.717) is 17.4 Å². The van der Waals surface area contributed by atoms with Crippen LogP contribution >= 0.6 is 0 Å². The van der Waals surface area contributed by atoms with Crippen molar-refractivity contribution in [2.45, 2.75) is 6.04 Å². The van der Waals surface area contributed by atoms with Crippen LogP contribution in [0.4, 0.5) is 5.95 Å². The van der Waals surface area contributed by atoms with Crippen molar-refractivity contribution in [3.05, 3.63) is 41.9 Å². The Morgan fingerprint density at radius 2 is 2.18 bits per heavy atom. The number of methoxy groups -OCH3 is 2. The van der Waals surface area contributed by atoms with E-state index in [4.69, 9.17) is 9.47 Å². The SMILES string of the molecule is COc1ccc(OC)c([C@H]2C=C(C(=O)O)Nc3ncnn32)c1. The molecule has 0 saturated heterocycles. The van der Waals surface area contributed by atoms with Gasteiger partial charge in [0.25, 0.3) is 0 Å². The number of carbonyl (C=O) groups is 1. The number of fused-ring (bicyclic) bond motifs is 1. The maximum absolute atomic E-state index is 11.3. The second-order valence-electron chi connectivity index (χ2n) is 4.59. The summed E-state index contributed by atoms with van der Waals surface area (Å²) in [4.78, 5) is 15.3. The van der Waals surface area contributed by atoms with Crippen LogP contribution in [0.2, 0.25) is 0 Å². The van der Waals surface area contributed by atoms with Crippen LogP contribution in [0.25, 0.3) is 0 Å². The van der Waals surface area contributed by atoms with E-state index >= 15 is 0 Å². The number of aromatic nitrogens is 3. The molecular formula is C14H14N4O4. The summed E-state index contributed by atoms with van der Waals surface area (Å²) in [7, 11) is 3.11. The Balaban J connectivity index is 2.16. The summed E-state index contributed by atoms with van der Waals surface area (Å²) in [5, 5.41) is 16.1. The molecule has 2 N–H and O–H groups in total. The number of hydrogen-bond donors (Lipinski definition) is 2. The van der Waals surface area contributed by atoms with E-state index in [-0.39, 0.29) is 5.70 Å². The fourth-order valence-electron chi connectivity index (χ4n) is 2.35. The van der Waals surface area contributed by atoms with E-state index in [1.807, 2.05) is 0 Å². The molecule has 0 amide bonds. The summed E-state index contributed by atoms with van der Waals surface area (Å²) >= 11 is 0. The highest BCUT2D eigenvalue weighted by molar-refractivity contribution is 5.90. The first-order valence-corrected chi connectivity index (χ1v) is 6.47. The molecular weight excluding hydrogens is 288 g/mol. The van der Waals surface area contributed by atoms with Gasteiger partial charge in [0, 0.05) is 5.56 Å². The van der Waals surface area contributed by atoms with Crippen molar-refractivity contribution in [3.8, 4) is 11.5 Å². The molecule has 2 heterocycles. The van der Waals surface area contributed by atoms with Gasteiger partial charge in [-0.3, -0.25) is 0 Å². The monoisotopic (exact) mass is 302 g/mol. The first kappa shape index (κ1) is 13.9. The Labute approximate surface area is 126 Å². The molecule has 0 unspecified atom stereocenters. The molecule has 1 aliphatic heterocycles. The molecule has 0 saturated carbocycles. The summed E-state index contributed by atoms with van der Waals surface area (Å²) in [6.07, 6.45) is 2.92. The minimum atomic E-state index is -1.07. The summed E-state index contributed by atoms with van der Waals surface area (Å²) in [6, 6.07) is 4.86. The zero-order valence-corrected chi connectivity index (χ0v) is 12.0. The molecule has 0 radical (unpaired) electrons. The molecule has 1 aromatic heterocycles. The highest BCUT2D eigenvalue weighted by atomic mass is 16.5. The Morgan fingerprint density at radius 3 is 2.86 bits per heavy atom. The van der Waals surface area contributed by atoms with Crippen LogP contribution in [0.1, 0.15) is 11.6 Å². The minimum absolute atomic E-state index is 0.0374. The predicted molar refractivity (Wildman–Crippen MR) is 77.0 cm³/mol. The van der Waals surface area contributed by atoms with Crippen LogP contribution < -0.4 is 14.8 Å². The number of hydrogen-bond acceptors (Lipinski definition) is 6. The van der Waals surface area contributed by atoms with Crippen molar-refractivity contribution in [1.82, 2.24) is 14.8 Å². The highest BCUT2D eigenvalue weighted by Crippen LogP contribution is 2.35. The molecule has 1 aromatic carbocycles. The Hall–Kier alpha value is -3.03. The van der Waals surface area contributed by atoms with Gasteiger partial charge in [-0.25, -0.2) is 9.48 Å². The van der Waals surface area contributed by atoms with Gasteiger partial charge < -0.3 is 19.9 Å². The van der Waals surface area contributed by atoms with Crippen LogP contribution in [-0.2, 0) is 4.79 Å². The quantitative estimate of drug-likeness (QED) is 0.877. The topological polar surface area (TPSA) is 98.5 Å². The van der Waals surface area contributed by atoms with Crippen molar-refractivity contribution in [2.75, 3.05) is 19.5 Å². The fourth-order valence-corrected chi connectivity index (χ4v) is 2.35. The maximum Gasteiger partial charge on any atom is 0.352 e. The molecule has 0 spiro atoms. The third-order valence-corrected chi connectivity index (χ3v) is 3.39. The molecule has 8 heteroatoms. The summed E-state index contributed by atoms with van der Waals surface area (Å²) < 4.78 is 12.2. The standard InChI is InChI=1S/C14H14N4O4/c1-21-8-3-4-12(22-2)9(5-8)11-6-10(13(19)20)17-14-15-7-16-18(11)14/h3-7,11H,1-2H3,(H,19,20)(H,15,16,17)/t11-/m1/s1. The third kappa shape index (κ3) is 2.24. The molecule has 0 bridgehead atoms. The Kier molecular flexibility index (Phi) is 3.42. The number of rotatable bonds is 4. The van der Waals surface area contributed by atoms with Crippen LogP contribution in [0.5, 0.6) is 11.5 Å². The number of benzene rings is 1. The highest BCUT2D eigenvalue weighted by Gasteiger charge is 2.27. The third-order valence-electron chi connectivity index (χ3n) is 3.39. The van der Waals surface area contributed by atoms with E-state index in [1.165, 1.54) is 6.33 Å². The molecule has 0 fully saturated rings. The number of carboxylic acids is 1. The maximum atomic E-state index is 11.3. The van der Waals surface area contributed by atoms with Crippen molar-refractivity contribution in [3.63, 3.8) is 0 Å². The zero-order valence-electron chi connectivity index (χ0n) is 12.0. The first-order chi connectivity index (χ1) is 10.6. The lowest BCUT2D eigenvalue weighted by Gasteiger charge is -2.24. The number of allylic oxidation sites excluding steroid dienone is 1. The van der Waals surface area contributed by atoms with Gasteiger partial charge in [0.1, 0.15) is 29.6 Å². The van der Waals surface area contributed by atoms with E-state index in [0.717, 1.165) is 5.56 Å². The van der Waals surface area contributed by atoms with Gasteiger partial charge in [0.05, 0.1) is 14.2 Å². The van der Waals surface area contributed by atoms with Gasteiger partial charge >= 0.3 is 5.97 Å². The number of nitrogens with one attached hydrogen (secondary N) is 1. The molecule has 2 aromatic rings. The molecule has 3 rings (SSSR count). The number of anilines is 1. The normalized spacial score (nSPS) is 16.3. The predicted octanol–water partition coefficient (Wildman–Crippen LogP) is 1.28. The summed E-state index contributed by atoms with van der Waals surface area (Å²) in [6.45, 7) is 0. The lowest BCUT2D eigenvalue weighted by Crippen LogP contribution is -2.24. The fraction of sp³-hybridized carbons (Fsp3) is 0.214. The van der Waals surface area contributed by atoms with Gasteiger partial charge in [-0.15, -0.1) is 0 Å². The smallest absolute Gasteiger partial charge is 0.352 e. The summed E-state index contributed by atoms with van der Waals surface area (Å²) in [5.41, 5.74) is 0.768. The Bertz CT molecular complexity index is 753. The van der Waals surface area contributed by atoms with Crippen LogP contribution in [0, 0.1) is 0 Å². The van der Waals surface area contributed by atoms with Crippen LogP contribution in [0.15, 0.2) is 36.3 Å². The minimum Gasteiger partial charge on any atom is -0.497 e. The number of aliphatic carboxylic acids is 1. The summed E-state index contributed by atoms with van der Waals surface area (Å²) in [5.74, 6) is 0.535. The average Bonchev–Trinajstić information content (AvgIpc) is 3.01. The van der Waals surface area contributed by atoms with Gasteiger partial charge in [0.2, 0.25) is 5.95 Å². The Morgan fingerprint density at radius 1 is 1.36 bits per heavy atom. The largest absolute Gasteiger partial charge is 0.497 e. The molecule has 8 nitrogen and oxygen atoms in total. The average molecular weight is 302 g/mol. The van der Waals surface area contributed by atoms with Crippen LogP contribution in [0.3, 0.4) is 0 Å². The van der Waals surface area contributed by atoms with E-state index in [9.17, 15) is 9.90 Å². The number of carboxylic acid groups (broad SMARTS) is 1. The molecule has 1 aliphatic rings. The van der Waals surface area contributed by atoms with Gasteiger partial charge in [0.15, 0.2) is 0 Å². The number of nitrogens with zero attached hydrogens (tertiary/aromatic N) is 3. The van der Waals surface area contributed by atoms with E-state index in [2.05, 4.69) is 15.4 Å². The van der Waals surface area contributed by atoms with Gasteiger partial charge in [-0.1, -0.05) is 0 Å². The first-order valence-electron chi connectivity index (χ1n) is 6.47. The van der Waals surface area contributed by atoms with Crippen LogP contribution in [-0.4, -0.2) is 40.1 Å². The molecule has 22 heavy (non-hydrogen) atoms. The van der Waals surface area contributed by atoms with Gasteiger partial charge in [-0.2, -0.15) is 10.1 Å². The van der Waals surface area contributed by atoms with Crippen molar-refractivity contribution in [2.24, 2.45) is 0 Å². The molecule has 0 aliphatic carbocycles. The van der Waals surface area contributed by atoms with Crippen molar-refractivity contribution in [1.29, 1.82) is 0 Å². The second kappa shape index (κ2) is 5.40. The lowest BCUT2D eigenvalue weighted by atomic mass is 10.0. The van der Waals surface area contributed by atoms with E-state index < -0.39 is 12.0 Å².